The number of benzene rings is 2. The summed E-state index contributed by atoms with van der Waals surface area (Å²) in [5, 5.41) is 9.11. The lowest BCUT2D eigenvalue weighted by Crippen LogP contribution is -2.55. The van der Waals surface area contributed by atoms with Gasteiger partial charge in [-0.05, 0) is 56.4 Å². The number of hydrogen-bond donors (Lipinski definition) is 1. The van der Waals surface area contributed by atoms with Gasteiger partial charge < -0.3 is 19.3 Å². The Kier molecular flexibility index (Phi) is 5.38. The number of carboxylic acid groups (broad SMARTS) is 1. The van der Waals surface area contributed by atoms with E-state index < -0.39 is 5.97 Å². The fourth-order valence-corrected chi connectivity index (χ4v) is 5.68. The van der Waals surface area contributed by atoms with Gasteiger partial charge in [0.1, 0.15) is 5.60 Å². The van der Waals surface area contributed by atoms with Gasteiger partial charge in [-0.15, -0.1) is 0 Å². The van der Waals surface area contributed by atoms with Gasteiger partial charge in [0.05, 0.1) is 24.9 Å². The monoisotopic (exact) mass is 437 g/mol. The molecule has 0 saturated carbocycles. The summed E-state index contributed by atoms with van der Waals surface area (Å²) in [7, 11) is 1.68. The number of ether oxygens (including phenoxy) is 3. The van der Waals surface area contributed by atoms with Gasteiger partial charge in [0.25, 0.3) is 0 Å². The Morgan fingerprint density at radius 2 is 2.00 bits per heavy atom. The lowest BCUT2D eigenvalue weighted by atomic mass is 9.70. The quantitative estimate of drug-likeness (QED) is 0.758. The van der Waals surface area contributed by atoms with E-state index in [2.05, 4.69) is 24.8 Å². The molecule has 0 unspecified atom stereocenters. The van der Waals surface area contributed by atoms with E-state index in [0.29, 0.717) is 11.5 Å². The third-order valence-electron chi connectivity index (χ3n) is 7.39. The Bertz CT molecular complexity index is 1000. The van der Waals surface area contributed by atoms with Crippen molar-refractivity contribution in [3.63, 3.8) is 0 Å². The zero-order valence-corrected chi connectivity index (χ0v) is 18.9. The standard InChI is InChI=1S/C26H31NO5/c1-26(2)20-13-18-15-27(14-16-7-9-17(10-8-16)25(28)29)12-11-21(18)31-23(20)19-5-4-6-22(30-3)24(19)32-26/h4-10,18,20-21,23H,11-15H2,1-3H3,(H,28,29)/t18-,20+,21+,23-/m0/s1. The number of likely N-dealkylation sites (tertiary alicyclic amines) is 1. The van der Waals surface area contributed by atoms with Crippen LogP contribution in [0.1, 0.15) is 54.3 Å². The van der Waals surface area contributed by atoms with E-state index in [4.69, 9.17) is 19.3 Å². The van der Waals surface area contributed by atoms with E-state index in [1.54, 1.807) is 19.2 Å². The van der Waals surface area contributed by atoms with Crippen molar-refractivity contribution in [3.05, 3.63) is 59.2 Å². The molecule has 3 aliphatic heterocycles. The van der Waals surface area contributed by atoms with Crippen molar-refractivity contribution in [3.8, 4) is 11.5 Å². The topological polar surface area (TPSA) is 68.2 Å². The van der Waals surface area contributed by atoms with E-state index in [0.717, 1.165) is 55.1 Å². The second-order valence-electron chi connectivity index (χ2n) is 9.81. The molecule has 5 rings (SSSR count). The number of methoxy groups -OCH3 is 1. The van der Waals surface area contributed by atoms with Crippen LogP contribution < -0.4 is 9.47 Å². The first kappa shape index (κ1) is 21.3. The van der Waals surface area contributed by atoms with Crippen LogP contribution in [0, 0.1) is 11.8 Å². The molecule has 4 atom stereocenters. The summed E-state index contributed by atoms with van der Waals surface area (Å²) in [5.74, 6) is 1.43. The molecule has 6 nitrogen and oxygen atoms in total. The first-order valence-corrected chi connectivity index (χ1v) is 11.4. The van der Waals surface area contributed by atoms with Gasteiger partial charge >= 0.3 is 5.97 Å². The Balaban J connectivity index is 1.32. The van der Waals surface area contributed by atoms with Crippen LogP contribution in [0.15, 0.2) is 42.5 Å². The molecule has 1 N–H and O–H groups in total. The number of piperidine rings is 1. The largest absolute Gasteiger partial charge is 0.493 e. The van der Waals surface area contributed by atoms with Crippen LogP contribution >= 0.6 is 0 Å². The second kappa shape index (κ2) is 8.09. The molecule has 0 amide bonds. The number of para-hydroxylation sites is 1. The Labute approximate surface area is 189 Å². The average Bonchev–Trinajstić information content (AvgIpc) is 2.78. The van der Waals surface area contributed by atoms with Gasteiger partial charge in [0, 0.05) is 31.1 Å². The predicted molar refractivity (Wildman–Crippen MR) is 120 cm³/mol. The number of carbonyl (C=O) groups is 1. The zero-order valence-electron chi connectivity index (χ0n) is 18.9. The summed E-state index contributed by atoms with van der Waals surface area (Å²) >= 11 is 0. The van der Waals surface area contributed by atoms with Crippen LogP contribution in [-0.4, -0.2) is 47.9 Å². The maximum Gasteiger partial charge on any atom is 0.335 e. The molecule has 2 aromatic carbocycles. The maximum absolute atomic E-state index is 11.1. The minimum Gasteiger partial charge on any atom is -0.493 e. The summed E-state index contributed by atoms with van der Waals surface area (Å²) in [5.41, 5.74) is 2.24. The van der Waals surface area contributed by atoms with E-state index in [1.165, 1.54) is 0 Å². The Hall–Kier alpha value is -2.57. The SMILES string of the molecule is COc1cccc2c1OC(C)(C)[C@@H]1C[C@H]3CN(Cc4ccc(C(=O)O)cc4)CC[C@H]3O[C@@H]21. The molecule has 0 spiro atoms. The van der Waals surface area contributed by atoms with E-state index in [1.807, 2.05) is 24.3 Å². The Morgan fingerprint density at radius 1 is 1.22 bits per heavy atom. The summed E-state index contributed by atoms with van der Waals surface area (Å²) in [6.07, 6.45) is 2.34. The van der Waals surface area contributed by atoms with Crippen LogP contribution in [0.25, 0.3) is 0 Å². The van der Waals surface area contributed by atoms with Gasteiger partial charge in [-0.2, -0.15) is 0 Å². The fraction of sp³-hybridized carbons (Fsp3) is 0.500. The Morgan fingerprint density at radius 3 is 2.72 bits per heavy atom. The second-order valence-corrected chi connectivity index (χ2v) is 9.81. The third-order valence-corrected chi connectivity index (χ3v) is 7.39. The van der Waals surface area contributed by atoms with Gasteiger partial charge in [-0.1, -0.05) is 24.3 Å². The van der Waals surface area contributed by atoms with Crippen molar-refractivity contribution in [2.45, 2.75) is 51.0 Å². The highest BCUT2D eigenvalue weighted by Gasteiger charge is 2.51. The fourth-order valence-electron chi connectivity index (χ4n) is 5.68. The van der Waals surface area contributed by atoms with Gasteiger partial charge in [0.15, 0.2) is 11.5 Å². The van der Waals surface area contributed by atoms with Crippen molar-refractivity contribution >= 4 is 5.97 Å². The van der Waals surface area contributed by atoms with E-state index >= 15 is 0 Å². The van der Waals surface area contributed by atoms with Crippen LogP contribution in [0.2, 0.25) is 0 Å². The first-order valence-electron chi connectivity index (χ1n) is 11.4. The maximum atomic E-state index is 11.1. The molecule has 0 aromatic heterocycles. The molecule has 3 aliphatic rings. The molecular formula is C26H31NO5. The van der Waals surface area contributed by atoms with Crippen molar-refractivity contribution < 1.29 is 24.1 Å². The van der Waals surface area contributed by atoms with E-state index in [9.17, 15) is 4.79 Å². The molecular weight excluding hydrogens is 406 g/mol. The molecule has 32 heavy (non-hydrogen) atoms. The van der Waals surface area contributed by atoms with Gasteiger partial charge in [-0.25, -0.2) is 4.79 Å². The molecule has 3 heterocycles. The van der Waals surface area contributed by atoms with Crippen LogP contribution in [0.4, 0.5) is 0 Å². The predicted octanol–water partition coefficient (Wildman–Crippen LogP) is 4.53. The van der Waals surface area contributed by atoms with Crippen molar-refractivity contribution in [1.29, 1.82) is 0 Å². The average molecular weight is 438 g/mol. The van der Waals surface area contributed by atoms with Crippen molar-refractivity contribution in [1.82, 2.24) is 4.90 Å². The highest BCUT2D eigenvalue weighted by atomic mass is 16.5. The van der Waals surface area contributed by atoms with Gasteiger partial charge in [0.2, 0.25) is 0 Å². The molecule has 2 saturated heterocycles. The zero-order chi connectivity index (χ0) is 22.5. The molecule has 6 heteroatoms. The molecule has 0 aliphatic carbocycles. The van der Waals surface area contributed by atoms with Crippen LogP contribution in [0.3, 0.4) is 0 Å². The summed E-state index contributed by atoms with van der Waals surface area (Å²) in [6, 6.07) is 13.3. The number of aromatic carboxylic acids is 1. The van der Waals surface area contributed by atoms with Crippen molar-refractivity contribution in [2.24, 2.45) is 11.8 Å². The third kappa shape index (κ3) is 3.76. The number of fused-ring (bicyclic) bond motifs is 4. The number of carboxylic acids is 1. The van der Waals surface area contributed by atoms with Crippen LogP contribution in [-0.2, 0) is 11.3 Å². The molecule has 0 radical (unpaired) electrons. The summed E-state index contributed by atoms with van der Waals surface area (Å²) in [4.78, 5) is 13.6. The number of rotatable bonds is 4. The number of hydrogen-bond acceptors (Lipinski definition) is 5. The minimum absolute atomic E-state index is 0.0280. The molecule has 2 aromatic rings. The van der Waals surface area contributed by atoms with E-state index in [-0.39, 0.29) is 23.7 Å². The van der Waals surface area contributed by atoms with Gasteiger partial charge in [-0.3, -0.25) is 4.90 Å². The molecule has 0 bridgehead atoms. The highest BCUT2D eigenvalue weighted by molar-refractivity contribution is 5.87. The minimum atomic E-state index is -0.886. The lowest BCUT2D eigenvalue weighted by molar-refractivity contribution is -0.188. The van der Waals surface area contributed by atoms with Crippen molar-refractivity contribution in [2.75, 3.05) is 20.2 Å². The summed E-state index contributed by atoms with van der Waals surface area (Å²) in [6.45, 7) is 7.11. The smallest absolute Gasteiger partial charge is 0.335 e. The summed E-state index contributed by atoms with van der Waals surface area (Å²) < 4.78 is 18.8. The lowest BCUT2D eigenvalue weighted by Gasteiger charge is -2.53. The molecule has 170 valence electrons. The first-order chi connectivity index (χ1) is 15.4. The highest BCUT2D eigenvalue weighted by Crippen LogP contribution is 2.55. The molecule has 2 fully saturated rings. The normalized spacial score (nSPS) is 28.6. The van der Waals surface area contributed by atoms with Crippen LogP contribution in [0.5, 0.6) is 11.5 Å². The number of nitrogens with zero attached hydrogens (tertiary/aromatic N) is 1.